The lowest BCUT2D eigenvalue weighted by Gasteiger charge is -2.46. The molecular weight excluding hydrogens is 1010 g/mol. The molecule has 1 aliphatic heterocycles. The van der Waals surface area contributed by atoms with E-state index in [1.165, 1.54) is 154 Å². The Kier molecular flexibility index (Phi) is 37.8. The Hall–Kier alpha value is -4.19. The van der Waals surface area contributed by atoms with E-state index in [-0.39, 0.29) is 25.7 Å². The number of benzene rings is 4. The van der Waals surface area contributed by atoms with Crippen molar-refractivity contribution in [2.24, 2.45) is 0 Å². The molecule has 0 aromatic heterocycles. The fourth-order valence-electron chi connectivity index (χ4n) is 10.9. The highest BCUT2D eigenvalue weighted by Gasteiger charge is 2.49. The lowest BCUT2D eigenvalue weighted by Crippen LogP contribution is -2.62. The van der Waals surface area contributed by atoms with Gasteiger partial charge in [0.15, 0.2) is 6.29 Å². The van der Waals surface area contributed by atoms with E-state index in [4.69, 9.17) is 28.4 Å². The molecule has 81 heavy (non-hydrogen) atoms. The number of amides is 1. The van der Waals surface area contributed by atoms with Crippen molar-refractivity contribution in [3.05, 3.63) is 156 Å². The summed E-state index contributed by atoms with van der Waals surface area (Å²) in [7, 11) is 0. The van der Waals surface area contributed by atoms with E-state index >= 15 is 0 Å². The fraction of sp³-hybridized carbons (Fsp3) is 0.625. The van der Waals surface area contributed by atoms with Gasteiger partial charge in [-0.25, -0.2) is 0 Å². The van der Waals surface area contributed by atoms with Crippen LogP contribution in [-0.2, 0) is 59.6 Å². The number of allylic oxidation sites excluding steroid dienone is 1. The summed E-state index contributed by atoms with van der Waals surface area (Å²) in [6.45, 7) is 5.99. The number of hydrogen-bond acceptors (Lipinski definition) is 8. The Morgan fingerprint density at radius 3 is 1.27 bits per heavy atom. The molecule has 9 nitrogen and oxygen atoms in total. The molecule has 1 aliphatic rings. The van der Waals surface area contributed by atoms with E-state index in [0.29, 0.717) is 26.2 Å². The van der Waals surface area contributed by atoms with Crippen LogP contribution in [0.2, 0.25) is 0 Å². The van der Waals surface area contributed by atoms with Gasteiger partial charge in [-0.05, 0) is 41.5 Å². The quantitative estimate of drug-likeness (QED) is 0.0333. The van der Waals surface area contributed by atoms with Gasteiger partial charge in [0.2, 0.25) is 5.91 Å². The van der Waals surface area contributed by atoms with Gasteiger partial charge in [-0.15, -0.1) is 0 Å². The van der Waals surface area contributed by atoms with Gasteiger partial charge in [0.1, 0.15) is 24.4 Å². The van der Waals surface area contributed by atoms with Crippen LogP contribution in [0.25, 0.3) is 0 Å². The monoisotopic (exact) mass is 1120 g/mol. The van der Waals surface area contributed by atoms with Crippen LogP contribution in [-0.4, -0.2) is 67.1 Å². The predicted molar refractivity (Wildman–Crippen MR) is 333 cm³/mol. The van der Waals surface area contributed by atoms with Crippen LogP contribution in [0.3, 0.4) is 0 Å². The molecule has 1 fully saturated rings. The normalized spacial score (nSPS) is 18.1. The van der Waals surface area contributed by atoms with E-state index in [1.807, 2.05) is 127 Å². The molecule has 5 rings (SSSR count). The SMILES string of the molecule is CCCCCCCCCCCCC/C=C/[C@@H](O)[C@H](CO[C@H]1O[C@H](COCc2ccccc2)[C@H](OCc2ccccc2)[C@H](OCc2ccccc2)[C@H]1OCc1ccccc1)NC(=O)CCCCCCCCCCCCCCCCCCC. The highest BCUT2D eigenvalue weighted by Crippen LogP contribution is 2.32. The number of carbonyl (C=O) groups excluding carboxylic acids is 1. The first-order valence-electron chi connectivity index (χ1n) is 32.5. The molecule has 2 N–H and O–H groups in total. The second kappa shape index (κ2) is 45.3. The lowest BCUT2D eigenvalue weighted by atomic mass is 9.97. The minimum atomic E-state index is -0.985. The van der Waals surface area contributed by atoms with Gasteiger partial charge in [0.25, 0.3) is 0 Å². The summed E-state index contributed by atoms with van der Waals surface area (Å²) in [5.74, 6) is -0.0885. The Labute approximate surface area is 492 Å². The van der Waals surface area contributed by atoms with Gasteiger partial charge in [0.05, 0.1) is 51.8 Å². The highest BCUT2D eigenvalue weighted by molar-refractivity contribution is 5.76. The Balaban J connectivity index is 1.25. The summed E-state index contributed by atoms with van der Waals surface area (Å²) < 4.78 is 41.1. The Morgan fingerprint density at radius 2 is 0.840 bits per heavy atom. The largest absolute Gasteiger partial charge is 0.387 e. The Morgan fingerprint density at radius 1 is 0.469 bits per heavy atom. The van der Waals surface area contributed by atoms with E-state index < -0.39 is 42.9 Å². The summed E-state index contributed by atoms with van der Waals surface area (Å²) in [6.07, 6.45) is 36.5. The summed E-state index contributed by atoms with van der Waals surface area (Å²) in [4.78, 5) is 13.9. The topological polar surface area (TPSA) is 105 Å². The van der Waals surface area contributed by atoms with Crippen molar-refractivity contribution in [3.63, 3.8) is 0 Å². The minimum absolute atomic E-state index is 0.0247. The van der Waals surface area contributed by atoms with Gasteiger partial charge in [-0.1, -0.05) is 314 Å². The number of rotatable bonds is 49. The average molecular weight is 1120 g/mol. The molecular formula is C72H109NO8. The minimum Gasteiger partial charge on any atom is -0.387 e. The van der Waals surface area contributed by atoms with Crippen molar-refractivity contribution in [2.45, 2.75) is 276 Å². The van der Waals surface area contributed by atoms with Crippen LogP contribution in [0.15, 0.2) is 133 Å². The fourth-order valence-corrected chi connectivity index (χ4v) is 10.9. The smallest absolute Gasteiger partial charge is 0.220 e. The molecule has 0 saturated carbocycles. The number of ether oxygens (including phenoxy) is 6. The first kappa shape index (κ1) is 67.6. The van der Waals surface area contributed by atoms with Crippen molar-refractivity contribution in [1.29, 1.82) is 0 Å². The van der Waals surface area contributed by atoms with Crippen molar-refractivity contribution in [2.75, 3.05) is 13.2 Å². The molecule has 0 radical (unpaired) electrons. The molecule has 0 unspecified atom stereocenters. The summed E-state index contributed by atoms with van der Waals surface area (Å²) >= 11 is 0. The molecule has 4 aromatic carbocycles. The van der Waals surface area contributed by atoms with Gasteiger partial charge >= 0.3 is 0 Å². The maximum Gasteiger partial charge on any atom is 0.220 e. The van der Waals surface area contributed by atoms with Crippen molar-refractivity contribution in [1.82, 2.24) is 5.32 Å². The summed E-state index contributed by atoms with van der Waals surface area (Å²) in [5.41, 5.74) is 4.05. The molecule has 9 heteroatoms. The lowest BCUT2D eigenvalue weighted by molar-refractivity contribution is -0.329. The standard InChI is InChI=1S/C72H109NO8/c1-3-5-7-9-11-13-15-17-18-19-20-22-24-26-28-30-44-54-68(75)73-65(66(74)53-43-29-27-25-23-21-16-14-12-10-8-6-4-2)59-80-72-71(79-58-64-51-41-34-42-52-64)70(78-57-63-49-39-33-40-50-63)69(77-56-62-47-37-32-38-48-62)67(81-72)60-76-55-61-45-35-31-36-46-61/h31-43,45-53,65-67,69-72,74H,3-30,44,54-60H2,1-2H3,(H,73,75)/b53-43+/t65-,66+,67+,69-,70-,71+,72-/m0/s1. The van der Waals surface area contributed by atoms with E-state index in [9.17, 15) is 9.90 Å². The summed E-state index contributed by atoms with van der Waals surface area (Å²) in [5, 5.41) is 15.2. The average Bonchev–Trinajstić information content (AvgIpc) is 3.51. The zero-order valence-corrected chi connectivity index (χ0v) is 50.5. The third kappa shape index (κ3) is 30.8. The number of aliphatic hydroxyl groups is 1. The maximum atomic E-state index is 13.9. The third-order valence-electron chi connectivity index (χ3n) is 15.9. The molecule has 450 valence electrons. The Bertz CT molecular complexity index is 2090. The van der Waals surface area contributed by atoms with Crippen LogP contribution in [0.1, 0.15) is 229 Å². The van der Waals surface area contributed by atoms with Crippen molar-refractivity contribution < 1.29 is 38.3 Å². The zero-order chi connectivity index (χ0) is 56.9. The first-order valence-corrected chi connectivity index (χ1v) is 32.5. The number of nitrogens with one attached hydrogen (secondary N) is 1. The predicted octanol–water partition coefficient (Wildman–Crippen LogP) is 17.8. The van der Waals surface area contributed by atoms with Crippen LogP contribution in [0, 0.1) is 0 Å². The molecule has 1 heterocycles. The molecule has 0 aliphatic carbocycles. The van der Waals surface area contributed by atoms with Crippen molar-refractivity contribution in [3.8, 4) is 0 Å². The molecule has 0 bridgehead atoms. The number of carbonyl (C=O) groups is 1. The van der Waals surface area contributed by atoms with E-state index in [0.717, 1.165) is 54.4 Å². The van der Waals surface area contributed by atoms with Gasteiger partial charge in [-0.3, -0.25) is 4.79 Å². The maximum absolute atomic E-state index is 13.9. The van der Waals surface area contributed by atoms with E-state index in [2.05, 4.69) is 25.2 Å². The van der Waals surface area contributed by atoms with Gasteiger partial charge < -0.3 is 38.8 Å². The van der Waals surface area contributed by atoms with Gasteiger partial charge in [-0.2, -0.15) is 0 Å². The zero-order valence-electron chi connectivity index (χ0n) is 50.5. The number of unbranched alkanes of at least 4 members (excludes halogenated alkanes) is 27. The highest BCUT2D eigenvalue weighted by atomic mass is 16.7. The van der Waals surface area contributed by atoms with E-state index in [1.54, 1.807) is 0 Å². The number of aliphatic hydroxyl groups excluding tert-OH is 1. The number of hydrogen-bond donors (Lipinski definition) is 2. The molecule has 1 saturated heterocycles. The first-order chi connectivity index (χ1) is 40.0. The third-order valence-corrected chi connectivity index (χ3v) is 15.9. The molecule has 4 aromatic rings. The second-order valence-corrected chi connectivity index (χ2v) is 23.0. The molecule has 1 amide bonds. The summed E-state index contributed by atoms with van der Waals surface area (Å²) in [6, 6.07) is 39.7. The van der Waals surface area contributed by atoms with Crippen molar-refractivity contribution >= 4 is 5.91 Å². The van der Waals surface area contributed by atoms with Gasteiger partial charge in [0, 0.05) is 6.42 Å². The van der Waals surface area contributed by atoms with Crippen LogP contribution in [0.4, 0.5) is 0 Å². The van der Waals surface area contributed by atoms with Crippen LogP contribution in [0.5, 0.6) is 0 Å². The van der Waals surface area contributed by atoms with Crippen LogP contribution < -0.4 is 5.32 Å². The molecule has 0 spiro atoms. The second-order valence-electron chi connectivity index (χ2n) is 23.0. The van der Waals surface area contributed by atoms with Crippen LogP contribution >= 0.6 is 0 Å². The molecule has 7 atom stereocenters.